The highest BCUT2D eigenvalue weighted by molar-refractivity contribution is 7.09. The Bertz CT molecular complexity index is 597. The number of carbonyl (C=O) groups excluding carboxylic acids is 1. The number of rotatable bonds is 3. The van der Waals surface area contributed by atoms with Crippen molar-refractivity contribution >= 4 is 23.1 Å². The van der Waals surface area contributed by atoms with Gasteiger partial charge in [0.15, 0.2) is 0 Å². The monoisotopic (exact) mass is 307 g/mol. The van der Waals surface area contributed by atoms with Crippen LogP contribution in [0, 0.1) is 0 Å². The Kier molecular flexibility index (Phi) is 4.16. The molecule has 0 aliphatic carbocycles. The SMILES string of the molecule is Nc1nonc1C(=O)N1CCCN(Cc2cccs2)CC1. The molecule has 7 nitrogen and oxygen atoms in total. The first-order valence-corrected chi connectivity index (χ1v) is 7.74. The highest BCUT2D eigenvalue weighted by atomic mass is 32.1. The Morgan fingerprint density at radius 3 is 2.95 bits per heavy atom. The minimum absolute atomic E-state index is 0.0553. The number of anilines is 1. The number of amides is 1. The van der Waals surface area contributed by atoms with E-state index in [0.29, 0.717) is 13.1 Å². The molecule has 0 aromatic carbocycles. The lowest BCUT2D eigenvalue weighted by Crippen LogP contribution is -2.35. The van der Waals surface area contributed by atoms with Gasteiger partial charge in [-0.05, 0) is 28.2 Å². The van der Waals surface area contributed by atoms with Gasteiger partial charge < -0.3 is 10.6 Å². The zero-order chi connectivity index (χ0) is 14.7. The summed E-state index contributed by atoms with van der Waals surface area (Å²) in [4.78, 5) is 17.8. The average molecular weight is 307 g/mol. The lowest BCUT2D eigenvalue weighted by atomic mass is 10.3. The topological polar surface area (TPSA) is 88.5 Å². The molecule has 1 aliphatic rings. The van der Waals surface area contributed by atoms with Crippen LogP contribution in [0.3, 0.4) is 0 Å². The molecule has 1 amide bonds. The Hall–Kier alpha value is -1.93. The summed E-state index contributed by atoms with van der Waals surface area (Å²) in [6.07, 6.45) is 0.933. The van der Waals surface area contributed by atoms with Crippen molar-refractivity contribution in [2.24, 2.45) is 0 Å². The number of nitrogens with two attached hydrogens (primary N) is 1. The van der Waals surface area contributed by atoms with E-state index in [-0.39, 0.29) is 17.4 Å². The van der Waals surface area contributed by atoms with Gasteiger partial charge in [0.2, 0.25) is 11.5 Å². The van der Waals surface area contributed by atoms with E-state index in [2.05, 4.69) is 37.4 Å². The molecule has 0 spiro atoms. The molecule has 8 heteroatoms. The molecule has 1 fully saturated rings. The lowest BCUT2D eigenvalue weighted by molar-refractivity contribution is 0.0750. The number of thiophene rings is 1. The van der Waals surface area contributed by atoms with Gasteiger partial charge in [-0.25, -0.2) is 4.63 Å². The number of nitrogens with zero attached hydrogens (tertiary/aromatic N) is 4. The third-order valence-corrected chi connectivity index (χ3v) is 4.41. The van der Waals surface area contributed by atoms with Crippen molar-refractivity contribution in [3.8, 4) is 0 Å². The van der Waals surface area contributed by atoms with E-state index in [1.165, 1.54) is 4.88 Å². The van der Waals surface area contributed by atoms with E-state index < -0.39 is 0 Å². The van der Waals surface area contributed by atoms with E-state index in [1.807, 2.05) is 0 Å². The number of hydrogen-bond acceptors (Lipinski definition) is 7. The second-order valence-corrected chi connectivity index (χ2v) is 6.03. The van der Waals surface area contributed by atoms with Gasteiger partial charge in [-0.2, -0.15) is 0 Å². The molecule has 0 atom stereocenters. The van der Waals surface area contributed by atoms with Gasteiger partial charge in [0, 0.05) is 37.6 Å². The number of nitrogen functional groups attached to an aromatic ring is 1. The van der Waals surface area contributed by atoms with E-state index in [9.17, 15) is 4.79 Å². The van der Waals surface area contributed by atoms with E-state index >= 15 is 0 Å². The molecule has 3 rings (SSSR count). The summed E-state index contributed by atoms with van der Waals surface area (Å²) in [5.74, 6) is -0.147. The van der Waals surface area contributed by atoms with Gasteiger partial charge >= 0.3 is 0 Å². The van der Waals surface area contributed by atoms with Gasteiger partial charge in [-0.3, -0.25) is 9.69 Å². The van der Waals surface area contributed by atoms with Crippen molar-refractivity contribution < 1.29 is 9.42 Å². The number of carbonyl (C=O) groups is 1. The molecule has 21 heavy (non-hydrogen) atoms. The molecule has 1 aliphatic heterocycles. The third kappa shape index (κ3) is 3.22. The van der Waals surface area contributed by atoms with Crippen molar-refractivity contribution in [2.75, 3.05) is 31.9 Å². The standard InChI is InChI=1S/C13H17N5O2S/c14-12-11(15-20-16-12)13(19)18-5-2-4-17(6-7-18)9-10-3-1-8-21-10/h1,3,8H,2,4-7,9H2,(H2,14,16). The number of hydrogen-bond donors (Lipinski definition) is 1. The minimum Gasteiger partial charge on any atom is -0.379 e. The van der Waals surface area contributed by atoms with Crippen LogP contribution in [0.25, 0.3) is 0 Å². The van der Waals surface area contributed by atoms with Crippen LogP contribution >= 0.6 is 11.3 Å². The summed E-state index contributed by atoms with van der Waals surface area (Å²) in [7, 11) is 0. The molecule has 2 aromatic heterocycles. The Labute approximate surface area is 126 Å². The Morgan fingerprint density at radius 2 is 2.24 bits per heavy atom. The molecule has 2 aromatic rings. The van der Waals surface area contributed by atoms with Gasteiger partial charge in [-0.1, -0.05) is 6.07 Å². The first kappa shape index (κ1) is 14.0. The molecular formula is C13H17N5O2S. The van der Waals surface area contributed by atoms with Crippen LogP contribution < -0.4 is 5.73 Å². The van der Waals surface area contributed by atoms with Gasteiger partial charge in [0.05, 0.1) is 0 Å². The molecular weight excluding hydrogens is 290 g/mol. The maximum absolute atomic E-state index is 12.3. The van der Waals surface area contributed by atoms with Crippen molar-refractivity contribution in [2.45, 2.75) is 13.0 Å². The van der Waals surface area contributed by atoms with Crippen molar-refractivity contribution in [1.29, 1.82) is 0 Å². The maximum atomic E-state index is 12.3. The summed E-state index contributed by atoms with van der Waals surface area (Å²) in [6.45, 7) is 4.12. The Morgan fingerprint density at radius 1 is 1.33 bits per heavy atom. The van der Waals surface area contributed by atoms with Crippen LogP contribution in [0.15, 0.2) is 22.1 Å². The predicted octanol–water partition coefficient (Wildman–Crippen LogP) is 1.06. The second-order valence-electron chi connectivity index (χ2n) is 5.00. The lowest BCUT2D eigenvalue weighted by Gasteiger charge is -2.20. The quantitative estimate of drug-likeness (QED) is 0.912. The van der Waals surface area contributed by atoms with Gasteiger partial charge in [0.25, 0.3) is 5.91 Å². The fourth-order valence-corrected chi connectivity index (χ4v) is 3.19. The normalized spacial score (nSPS) is 16.9. The largest absolute Gasteiger partial charge is 0.379 e. The zero-order valence-electron chi connectivity index (χ0n) is 11.6. The second kappa shape index (κ2) is 6.23. The highest BCUT2D eigenvalue weighted by Crippen LogP contribution is 2.15. The van der Waals surface area contributed by atoms with Crippen LogP contribution in [-0.2, 0) is 6.54 Å². The molecule has 1 saturated heterocycles. The molecule has 0 bridgehead atoms. The van der Waals surface area contributed by atoms with Crippen LogP contribution in [0.5, 0.6) is 0 Å². The summed E-state index contributed by atoms with van der Waals surface area (Å²) in [6, 6.07) is 4.20. The minimum atomic E-state index is -0.202. The molecule has 2 N–H and O–H groups in total. The highest BCUT2D eigenvalue weighted by Gasteiger charge is 2.25. The maximum Gasteiger partial charge on any atom is 0.280 e. The first-order chi connectivity index (χ1) is 10.2. The van der Waals surface area contributed by atoms with Crippen LogP contribution in [0.2, 0.25) is 0 Å². The molecule has 112 valence electrons. The van der Waals surface area contributed by atoms with Gasteiger partial charge in [0.1, 0.15) is 0 Å². The summed E-state index contributed by atoms with van der Waals surface area (Å²) in [5.41, 5.74) is 5.69. The molecule has 0 saturated carbocycles. The van der Waals surface area contributed by atoms with E-state index in [1.54, 1.807) is 16.2 Å². The fraction of sp³-hybridized carbons (Fsp3) is 0.462. The van der Waals surface area contributed by atoms with Gasteiger partial charge in [-0.15, -0.1) is 11.3 Å². The zero-order valence-corrected chi connectivity index (χ0v) is 12.4. The fourth-order valence-electron chi connectivity index (χ4n) is 2.45. The predicted molar refractivity (Wildman–Crippen MR) is 78.8 cm³/mol. The third-order valence-electron chi connectivity index (χ3n) is 3.55. The molecule has 3 heterocycles. The molecule has 0 radical (unpaired) electrons. The van der Waals surface area contributed by atoms with Crippen molar-refractivity contribution in [3.05, 3.63) is 28.1 Å². The average Bonchev–Trinajstić information content (AvgIpc) is 3.07. The summed E-state index contributed by atoms with van der Waals surface area (Å²) >= 11 is 1.76. The van der Waals surface area contributed by atoms with E-state index in [0.717, 1.165) is 26.1 Å². The van der Waals surface area contributed by atoms with E-state index in [4.69, 9.17) is 5.73 Å². The van der Waals surface area contributed by atoms with Crippen LogP contribution in [0.4, 0.5) is 5.82 Å². The van der Waals surface area contributed by atoms with Crippen LogP contribution in [0.1, 0.15) is 21.8 Å². The Balaban J connectivity index is 1.60. The summed E-state index contributed by atoms with van der Waals surface area (Å²) in [5, 5.41) is 9.13. The van der Waals surface area contributed by atoms with Crippen LogP contribution in [-0.4, -0.2) is 52.2 Å². The smallest absolute Gasteiger partial charge is 0.280 e. The number of aromatic nitrogens is 2. The van der Waals surface area contributed by atoms with Crippen molar-refractivity contribution in [3.63, 3.8) is 0 Å². The van der Waals surface area contributed by atoms with Crippen molar-refractivity contribution in [1.82, 2.24) is 20.1 Å². The molecule has 0 unspecified atom stereocenters. The summed E-state index contributed by atoms with van der Waals surface area (Å²) < 4.78 is 4.50. The first-order valence-electron chi connectivity index (χ1n) is 6.86.